The SMILES string of the molecule is C[C@@H]1CC[C@@H]2[C@H](C1)NN(C(=O)N(Cc1ccccc1)c1ccccc1)C2(C)C. The lowest BCUT2D eigenvalue weighted by Gasteiger charge is -2.39. The number of benzene rings is 2. The molecular formula is C24H31N3O. The summed E-state index contributed by atoms with van der Waals surface area (Å²) in [7, 11) is 0. The molecule has 0 aromatic heterocycles. The van der Waals surface area contributed by atoms with Crippen molar-refractivity contribution < 1.29 is 4.79 Å². The predicted octanol–water partition coefficient (Wildman–Crippen LogP) is 5.22. The van der Waals surface area contributed by atoms with Crippen LogP contribution in [0.15, 0.2) is 60.7 Å². The smallest absolute Gasteiger partial charge is 0.289 e. The Morgan fingerprint density at radius 2 is 1.71 bits per heavy atom. The van der Waals surface area contributed by atoms with Crippen LogP contribution in [0, 0.1) is 11.8 Å². The molecule has 4 rings (SSSR count). The van der Waals surface area contributed by atoms with Crippen molar-refractivity contribution in [2.45, 2.75) is 58.2 Å². The number of anilines is 1. The first-order valence-electron chi connectivity index (χ1n) is 10.4. The number of hydrogen-bond donors (Lipinski definition) is 1. The molecule has 0 bridgehead atoms. The molecule has 1 saturated carbocycles. The zero-order chi connectivity index (χ0) is 19.7. The average molecular weight is 378 g/mol. The summed E-state index contributed by atoms with van der Waals surface area (Å²) in [6.45, 7) is 7.30. The van der Waals surface area contributed by atoms with E-state index in [0.717, 1.165) is 17.7 Å². The normalized spacial score (nSPS) is 26.0. The van der Waals surface area contributed by atoms with Crippen molar-refractivity contribution in [3.8, 4) is 0 Å². The maximum atomic E-state index is 13.8. The van der Waals surface area contributed by atoms with E-state index < -0.39 is 0 Å². The molecule has 1 N–H and O–H groups in total. The molecule has 2 fully saturated rings. The van der Waals surface area contributed by atoms with Crippen LogP contribution in [0.25, 0.3) is 0 Å². The number of rotatable bonds is 3. The number of carbonyl (C=O) groups is 1. The predicted molar refractivity (Wildman–Crippen MR) is 114 cm³/mol. The van der Waals surface area contributed by atoms with Gasteiger partial charge >= 0.3 is 6.03 Å². The van der Waals surface area contributed by atoms with Gasteiger partial charge in [-0.1, -0.05) is 61.9 Å². The summed E-state index contributed by atoms with van der Waals surface area (Å²) in [6, 6.07) is 20.6. The average Bonchev–Trinajstić information content (AvgIpc) is 2.97. The Hall–Kier alpha value is -2.33. The number of hydrazine groups is 1. The van der Waals surface area contributed by atoms with Crippen molar-refractivity contribution in [3.63, 3.8) is 0 Å². The third-order valence-electron chi connectivity index (χ3n) is 6.56. The van der Waals surface area contributed by atoms with E-state index in [1.165, 1.54) is 12.8 Å². The highest BCUT2D eigenvalue weighted by Gasteiger charge is 2.52. The molecule has 2 aromatic rings. The maximum Gasteiger partial charge on any atom is 0.339 e. The van der Waals surface area contributed by atoms with Crippen LogP contribution in [0.3, 0.4) is 0 Å². The summed E-state index contributed by atoms with van der Waals surface area (Å²) < 4.78 is 0. The minimum absolute atomic E-state index is 0.0297. The van der Waals surface area contributed by atoms with Crippen LogP contribution in [-0.2, 0) is 6.54 Å². The van der Waals surface area contributed by atoms with Crippen LogP contribution < -0.4 is 10.3 Å². The largest absolute Gasteiger partial charge is 0.339 e. The first kappa shape index (κ1) is 19.0. The van der Waals surface area contributed by atoms with Crippen LogP contribution >= 0.6 is 0 Å². The third kappa shape index (κ3) is 3.53. The van der Waals surface area contributed by atoms with E-state index >= 15 is 0 Å². The van der Waals surface area contributed by atoms with E-state index in [9.17, 15) is 4.79 Å². The van der Waals surface area contributed by atoms with Crippen LogP contribution in [0.5, 0.6) is 0 Å². The van der Waals surface area contributed by atoms with E-state index in [1.807, 2.05) is 58.4 Å². The Morgan fingerprint density at radius 3 is 2.39 bits per heavy atom. The third-order valence-corrected chi connectivity index (χ3v) is 6.56. The standard InChI is InChI=1S/C24H31N3O/c1-18-14-15-21-22(16-18)25-27(24(21,2)3)23(28)26(20-12-8-5-9-13-20)17-19-10-6-4-7-11-19/h4-13,18,21-22,25H,14-17H2,1-3H3/t18-,21-,22+/m1/s1. The van der Waals surface area contributed by atoms with Crippen molar-refractivity contribution >= 4 is 11.7 Å². The Bertz CT molecular complexity index is 805. The molecule has 3 atom stereocenters. The summed E-state index contributed by atoms with van der Waals surface area (Å²) in [5.41, 5.74) is 5.44. The molecule has 0 unspecified atom stereocenters. The molecule has 1 aliphatic heterocycles. The molecular weight excluding hydrogens is 346 g/mol. The molecule has 2 aliphatic rings. The van der Waals surface area contributed by atoms with Crippen molar-refractivity contribution in [2.75, 3.05) is 4.90 Å². The lowest BCUT2D eigenvalue weighted by molar-refractivity contribution is 0.121. The number of amides is 2. The minimum Gasteiger partial charge on any atom is -0.289 e. The minimum atomic E-state index is -0.203. The van der Waals surface area contributed by atoms with Gasteiger partial charge in [0.05, 0.1) is 12.1 Å². The number of para-hydroxylation sites is 1. The Balaban J connectivity index is 1.63. The topological polar surface area (TPSA) is 35.6 Å². The monoisotopic (exact) mass is 377 g/mol. The van der Waals surface area contributed by atoms with Crippen LogP contribution in [-0.4, -0.2) is 22.6 Å². The van der Waals surface area contributed by atoms with Gasteiger partial charge in [0, 0.05) is 17.6 Å². The molecule has 1 saturated heterocycles. The highest BCUT2D eigenvalue weighted by atomic mass is 16.2. The molecule has 1 heterocycles. The Morgan fingerprint density at radius 1 is 1.07 bits per heavy atom. The van der Waals surface area contributed by atoms with Gasteiger partial charge in [0.25, 0.3) is 0 Å². The van der Waals surface area contributed by atoms with Crippen molar-refractivity contribution in [3.05, 3.63) is 66.2 Å². The molecule has 2 amide bonds. The maximum absolute atomic E-state index is 13.8. The molecule has 148 valence electrons. The number of nitrogens with one attached hydrogen (secondary N) is 1. The van der Waals surface area contributed by atoms with Gasteiger partial charge in [-0.15, -0.1) is 0 Å². The summed E-state index contributed by atoms with van der Waals surface area (Å²) in [4.78, 5) is 15.7. The molecule has 4 heteroatoms. The van der Waals surface area contributed by atoms with Crippen molar-refractivity contribution in [2.24, 2.45) is 11.8 Å². The summed E-state index contributed by atoms with van der Waals surface area (Å²) in [6.07, 6.45) is 3.57. The molecule has 4 nitrogen and oxygen atoms in total. The lowest BCUT2D eigenvalue weighted by atomic mass is 9.72. The second kappa shape index (κ2) is 7.59. The van der Waals surface area contributed by atoms with Gasteiger partial charge in [0.1, 0.15) is 0 Å². The van der Waals surface area contributed by atoms with Crippen LogP contribution in [0.2, 0.25) is 0 Å². The number of fused-ring (bicyclic) bond motifs is 1. The second-order valence-electron chi connectivity index (χ2n) is 8.94. The quantitative estimate of drug-likeness (QED) is 0.796. The zero-order valence-corrected chi connectivity index (χ0v) is 17.1. The first-order valence-corrected chi connectivity index (χ1v) is 10.4. The van der Waals surface area contributed by atoms with Crippen LogP contribution in [0.4, 0.5) is 10.5 Å². The second-order valence-corrected chi connectivity index (χ2v) is 8.94. The van der Waals surface area contributed by atoms with Gasteiger partial charge in [-0.25, -0.2) is 10.2 Å². The molecule has 28 heavy (non-hydrogen) atoms. The first-order chi connectivity index (χ1) is 13.5. The van der Waals surface area contributed by atoms with E-state index in [2.05, 4.69) is 38.3 Å². The van der Waals surface area contributed by atoms with Crippen molar-refractivity contribution in [1.82, 2.24) is 10.4 Å². The van der Waals surface area contributed by atoms with Crippen LogP contribution in [0.1, 0.15) is 45.6 Å². The fourth-order valence-corrected chi connectivity index (χ4v) is 4.93. The van der Waals surface area contributed by atoms with E-state index in [0.29, 0.717) is 24.4 Å². The van der Waals surface area contributed by atoms with Crippen molar-refractivity contribution in [1.29, 1.82) is 0 Å². The fraction of sp³-hybridized carbons (Fsp3) is 0.458. The van der Waals surface area contributed by atoms with Gasteiger partial charge in [0.2, 0.25) is 0 Å². The van der Waals surface area contributed by atoms with Gasteiger partial charge < -0.3 is 0 Å². The van der Waals surface area contributed by atoms with E-state index in [-0.39, 0.29) is 11.6 Å². The summed E-state index contributed by atoms with van der Waals surface area (Å²) >= 11 is 0. The van der Waals surface area contributed by atoms with E-state index in [1.54, 1.807) is 0 Å². The summed E-state index contributed by atoms with van der Waals surface area (Å²) in [5, 5.41) is 1.91. The highest BCUT2D eigenvalue weighted by Crippen LogP contribution is 2.43. The number of nitrogens with zero attached hydrogens (tertiary/aromatic N) is 2. The molecule has 0 spiro atoms. The van der Waals surface area contributed by atoms with E-state index in [4.69, 9.17) is 0 Å². The van der Waals surface area contributed by atoms with Gasteiger partial charge in [-0.2, -0.15) is 0 Å². The fourth-order valence-electron chi connectivity index (χ4n) is 4.93. The number of urea groups is 1. The van der Waals surface area contributed by atoms with Gasteiger partial charge in [-0.05, 0) is 50.3 Å². The van der Waals surface area contributed by atoms with Gasteiger partial charge in [-0.3, -0.25) is 9.91 Å². The number of carbonyl (C=O) groups excluding carboxylic acids is 1. The Kier molecular flexibility index (Phi) is 5.15. The Labute approximate surface area is 168 Å². The zero-order valence-electron chi connectivity index (χ0n) is 17.1. The molecule has 2 aromatic carbocycles. The van der Waals surface area contributed by atoms with Gasteiger partial charge in [0.15, 0.2) is 0 Å². The molecule has 0 radical (unpaired) electrons. The lowest BCUT2D eigenvalue weighted by Crippen LogP contribution is -2.55. The highest BCUT2D eigenvalue weighted by molar-refractivity contribution is 5.92. The summed E-state index contributed by atoms with van der Waals surface area (Å²) in [5.74, 6) is 1.22. The molecule has 1 aliphatic carbocycles. The number of hydrogen-bond acceptors (Lipinski definition) is 2.